The highest BCUT2D eigenvalue weighted by Crippen LogP contribution is 2.17. The van der Waals surface area contributed by atoms with Crippen LogP contribution in [-0.2, 0) is 11.2 Å². The Bertz CT molecular complexity index is 1040. The second-order valence-electron chi connectivity index (χ2n) is 7.91. The summed E-state index contributed by atoms with van der Waals surface area (Å²) in [6.07, 6.45) is 2.50. The fourth-order valence-corrected chi connectivity index (χ4v) is 3.52. The third kappa shape index (κ3) is 7.97. The van der Waals surface area contributed by atoms with E-state index in [9.17, 15) is 9.59 Å². The molecule has 1 fully saturated rings. The van der Waals surface area contributed by atoms with Crippen LogP contribution in [0.1, 0.15) is 28.9 Å². The lowest BCUT2D eigenvalue weighted by molar-refractivity contribution is -0.133. The van der Waals surface area contributed by atoms with Crippen molar-refractivity contribution >= 4 is 41.0 Å². The number of guanidine groups is 1. The molecular weight excluding hydrogens is 474 g/mol. The minimum absolute atomic E-state index is 0.00139. The first-order valence-electron chi connectivity index (χ1n) is 11.3. The molecule has 1 aromatic carbocycles. The zero-order valence-electron chi connectivity index (χ0n) is 19.3. The van der Waals surface area contributed by atoms with E-state index < -0.39 is 5.91 Å². The molecule has 12 nitrogen and oxygen atoms in total. The van der Waals surface area contributed by atoms with E-state index in [1.165, 1.54) is 0 Å². The molecule has 0 bridgehead atoms. The average Bonchev–Trinajstić information content (AvgIpc) is 2.85. The normalized spacial score (nSPS) is 13.2. The van der Waals surface area contributed by atoms with Crippen LogP contribution in [0.4, 0.5) is 11.6 Å². The molecule has 35 heavy (non-hydrogen) atoms. The van der Waals surface area contributed by atoms with E-state index in [1.54, 1.807) is 4.90 Å². The van der Waals surface area contributed by atoms with Gasteiger partial charge in [0.05, 0.1) is 0 Å². The number of nitrogens with two attached hydrogens (primary N) is 2. The van der Waals surface area contributed by atoms with Gasteiger partial charge in [0.15, 0.2) is 35.0 Å². The molecule has 0 unspecified atom stereocenters. The van der Waals surface area contributed by atoms with Crippen LogP contribution in [0.25, 0.3) is 0 Å². The Labute approximate surface area is 208 Å². The first-order chi connectivity index (χ1) is 16.8. The van der Waals surface area contributed by atoms with Crippen molar-refractivity contribution in [3.05, 3.63) is 40.7 Å². The maximum atomic E-state index is 12.2. The molecule has 1 aromatic heterocycles. The lowest BCUT2D eigenvalue weighted by Crippen LogP contribution is -2.47. The highest BCUT2D eigenvalue weighted by molar-refractivity contribution is 6.31. The van der Waals surface area contributed by atoms with Crippen molar-refractivity contribution in [3.8, 4) is 5.75 Å². The molecule has 2 amide bonds. The van der Waals surface area contributed by atoms with Crippen molar-refractivity contribution in [2.75, 3.05) is 50.8 Å². The molecule has 3 rings (SSSR count). The van der Waals surface area contributed by atoms with Gasteiger partial charge in [-0.25, -0.2) is 9.97 Å². The van der Waals surface area contributed by atoms with E-state index in [-0.39, 0.29) is 41.0 Å². The molecule has 2 heterocycles. The number of benzene rings is 1. The molecule has 1 aliphatic rings. The SMILES string of the molecule is N=C(NCCCCc1ccc(OCC(=O)N2CCNCC2)cc1)NC(=O)c1nc(Cl)c(N)nc1N. The van der Waals surface area contributed by atoms with Gasteiger partial charge in [-0.15, -0.1) is 0 Å². The van der Waals surface area contributed by atoms with Crippen molar-refractivity contribution in [2.45, 2.75) is 19.3 Å². The number of piperazine rings is 1. The Hall–Kier alpha value is -3.64. The van der Waals surface area contributed by atoms with Crippen LogP contribution in [0.3, 0.4) is 0 Å². The predicted octanol–water partition coefficient (Wildman–Crippen LogP) is 0.382. The van der Waals surface area contributed by atoms with Crippen molar-refractivity contribution in [2.24, 2.45) is 0 Å². The smallest absolute Gasteiger partial charge is 0.280 e. The summed E-state index contributed by atoms with van der Waals surface area (Å²) < 4.78 is 5.62. The number of nitrogens with zero attached hydrogens (tertiary/aromatic N) is 3. The van der Waals surface area contributed by atoms with E-state index in [4.69, 9.17) is 33.2 Å². The summed E-state index contributed by atoms with van der Waals surface area (Å²) in [5.41, 5.74) is 12.1. The fraction of sp³-hybridized carbons (Fsp3) is 0.409. The Kier molecular flexibility index (Phi) is 9.44. The largest absolute Gasteiger partial charge is 0.484 e. The van der Waals surface area contributed by atoms with Crippen LogP contribution >= 0.6 is 11.6 Å². The lowest BCUT2D eigenvalue weighted by Gasteiger charge is -2.27. The number of anilines is 2. The molecule has 13 heteroatoms. The first-order valence-corrected chi connectivity index (χ1v) is 11.6. The summed E-state index contributed by atoms with van der Waals surface area (Å²) in [5, 5.41) is 16.1. The minimum atomic E-state index is -0.702. The second kappa shape index (κ2) is 12.7. The number of aromatic nitrogens is 2. The number of aryl methyl sites for hydroxylation is 1. The van der Waals surface area contributed by atoms with Crippen molar-refractivity contribution < 1.29 is 14.3 Å². The number of carbonyl (C=O) groups excluding carboxylic acids is 2. The Morgan fingerprint density at radius 3 is 2.54 bits per heavy atom. The van der Waals surface area contributed by atoms with Gasteiger partial charge in [0, 0.05) is 32.7 Å². The Morgan fingerprint density at radius 1 is 1.11 bits per heavy atom. The van der Waals surface area contributed by atoms with Gasteiger partial charge in [-0.3, -0.25) is 20.3 Å². The molecule has 2 aromatic rings. The lowest BCUT2D eigenvalue weighted by atomic mass is 10.1. The number of nitrogen functional groups attached to an aromatic ring is 2. The molecule has 188 valence electrons. The summed E-state index contributed by atoms with van der Waals surface area (Å²) in [6, 6.07) is 7.68. The number of unbranched alkanes of at least 4 members (excludes halogenated alkanes) is 1. The third-order valence-corrected chi connectivity index (χ3v) is 5.59. The van der Waals surface area contributed by atoms with Crippen LogP contribution < -0.4 is 32.2 Å². The Morgan fingerprint density at radius 2 is 1.83 bits per heavy atom. The molecule has 0 atom stereocenters. The molecule has 1 saturated heterocycles. The fourth-order valence-electron chi connectivity index (χ4n) is 3.40. The van der Waals surface area contributed by atoms with E-state index in [0.717, 1.165) is 37.9 Å². The highest BCUT2D eigenvalue weighted by Gasteiger charge is 2.17. The maximum absolute atomic E-state index is 12.2. The van der Waals surface area contributed by atoms with Gasteiger partial charge in [0.1, 0.15) is 5.75 Å². The van der Waals surface area contributed by atoms with Gasteiger partial charge in [-0.2, -0.15) is 0 Å². The van der Waals surface area contributed by atoms with Gasteiger partial charge in [-0.05, 0) is 37.0 Å². The summed E-state index contributed by atoms with van der Waals surface area (Å²) in [7, 11) is 0. The topological polar surface area (TPSA) is 184 Å². The molecule has 0 radical (unpaired) electrons. The maximum Gasteiger partial charge on any atom is 0.280 e. The summed E-state index contributed by atoms with van der Waals surface area (Å²) in [5.74, 6) is -0.460. The number of hydrogen-bond acceptors (Lipinski definition) is 9. The van der Waals surface area contributed by atoms with E-state index in [2.05, 4.69) is 25.9 Å². The number of rotatable bonds is 9. The van der Waals surface area contributed by atoms with Crippen molar-refractivity contribution in [3.63, 3.8) is 0 Å². The molecule has 8 N–H and O–H groups in total. The summed E-state index contributed by atoms with van der Waals surface area (Å²) >= 11 is 5.77. The molecule has 0 aliphatic carbocycles. The third-order valence-electron chi connectivity index (χ3n) is 5.31. The number of halogens is 1. The van der Waals surface area contributed by atoms with Crippen LogP contribution in [0.15, 0.2) is 24.3 Å². The second-order valence-corrected chi connectivity index (χ2v) is 8.27. The number of nitrogens with one attached hydrogen (secondary N) is 4. The Balaban J connectivity index is 1.31. The predicted molar refractivity (Wildman–Crippen MR) is 133 cm³/mol. The average molecular weight is 504 g/mol. The van der Waals surface area contributed by atoms with E-state index in [1.807, 2.05) is 24.3 Å². The van der Waals surface area contributed by atoms with Gasteiger partial charge < -0.3 is 31.7 Å². The number of hydrogen-bond donors (Lipinski definition) is 6. The quantitative estimate of drug-likeness (QED) is 0.160. The van der Waals surface area contributed by atoms with Gasteiger partial charge in [0.2, 0.25) is 0 Å². The standard InChI is InChI=1S/C22H30ClN9O3/c23-18-20(25)30-19(24)17(29-18)21(34)31-22(26)28-8-2-1-3-14-4-6-15(7-5-14)35-13-16(33)32-11-9-27-10-12-32/h4-7,27H,1-3,8-13H2,(H4,24,25,30)(H3,26,28,31,34). The molecule has 0 spiro atoms. The molecule has 0 saturated carbocycles. The number of ether oxygens (including phenoxy) is 1. The van der Waals surface area contributed by atoms with Gasteiger partial charge in [-0.1, -0.05) is 23.7 Å². The first kappa shape index (κ1) is 26.0. The zero-order valence-corrected chi connectivity index (χ0v) is 20.0. The van der Waals surface area contributed by atoms with Crippen LogP contribution in [0, 0.1) is 5.41 Å². The molecule has 1 aliphatic heterocycles. The summed E-state index contributed by atoms with van der Waals surface area (Å²) in [6.45, 7) is 3.59. The van der Waals surface area contributed by atoms with Crippen LogP contribution in [0.5, 0.6) is 5.75 Å². The van der Waals surface area contributed by atoms with Crippen molar-refractivity contribution in [1.29, 1.82) is 5.41 Å². The van der Waals surface area contributed by atoms with Crippen LogP contribution in [-0.4, -0.2) is 72.0 Å². The van der Waals surface area contributed by atoms with Crippen molar-refractivity contribution in [1.82, 2.24) is 30.8 Å². The van der Waals surface area contributed by atoms with Crippen LogP contribution in [0.2, 0.25) is 5.15 Å². The highest BCUT2D eigenvalue weighted by atomic mass is 35.5. The monoisotopic (exact) mass is 503 g/mol. The van der Waals surface area contributed by atoms with E-state index in [0.29, 0.717) is 25.4 Å². The number of carbonyl (C=O) groups is 2. The van der Waals surface area contributed by atoms with E-state index >= 15 is 0 Å². The zero-order chi connectivity index (χ0) is 25.2. The molecular formula is C22H30ClN9O3. The van der Waals surface area contributed by atoms with Gasteiger partial charge in [0.25, 0.3) is 11.8 Å². The summed E-state index contributed by atoms with van der Waals surface area (Å²) in [4.78, 5) is 33.7. The number of amides is 2. The minimum Gasteiger partial charge on any atom is -0.484 e. The van der Waals surface area contributed by atoms with Gasteiger partial charge >= 0.3 is 0 Å².